The fraction of sp³-hybridized carbons (Fsp3) is 0.300. The summed E-state index contributed by atoms with van der Waals surface area (Å²) >= 11 is 0. The molecule has 0 unspecified atom stereocenters. The molecule has 3 aromatic carbocycles. The average Bonchev–Trinajstić information content (AvgIpc) is 3.07. The van der Waals surface area contributed by atoms with Crippen molar-refractivity contribution in [3.63, 3.8) is 0 Å². The summed E-state index contributed by atoms with van der Waals surface area (Å²) in [5.41, 5.74) is 4.99. The van der Waals surface area contributed by atoms with E-state index in [2.05, 4.69) is 65.3 Å². The van der Waals surface area contributed by atoms with Crippen LogP contribution in [0.15, 0.2) is 97.6 Å². The minimum Gasteiger partial charge on any atom is -0.445 e. The number of carbonyl (C=O) groups is 1. The van der Waals surface area contributed by atoms with Crippen LogP contribution in [-0.2, 0) is 24.1 Å². The van der Waals surface area contributed by atoms with Crippen LogP contribution in [0.2, 0.25) is 0 Å². The monoisotopic (exact) mass is 470 g/mol. The Balaban J connectivity index is 1.53. The highest BCUT2D eigenvalue weighted by Gasteiger charge is 2.28. The van der Waals surface area contributed by atoms with Crippen LogP contribution < -0.4 is 5.32 Å². The number of nitrogens with zero attached hydrogens (tertiary/aromatic N) is 1. The molecule has 0 aliphatic carbocycles. The Bertz CT molecular complexity index is 1090. The molecule has 4 rings (SSSR count). The minimum absolute atomic E-state index is 0.127. The number of alkyl carbamates (subject to hydrolysis) is 1. The number of aliphatic hydroxyl groups excluding tert-OH is 1. The van der Waals surface area contributed by atoms with Crippen LogP contribution in [0.4, 0.5) is 4.79 Å². The van der Waals surface area contributed by atoms with E-state index in [9.17, 15) is 9.90 Å². The third-order valence-corrected chi connectivity index (χ3v) is 6.57. The van der Waals surface area contributed by atoms with Gasteiger partial charge in [0, 0.05) is 25.6 Å². The van der Waals surface area contributed by atoms with Gasteiger partial charge >= 0.3 is 6.09 Å². The van der Waals surface area contributed by atoms with Gasteiger partial charge in [-0.1, -0.05) is 97.6 Å². The molecule has 1 amide bonds. The van der Waals surface area contributed by atoms with Crippen molar-refractivity contribution in [2.24, 2.45) is 0 Å². The van der Waals surface area contributed by atoms with Crippen LogP contribution in [0.25, 0.3) is 0 Å². The largest absolute Gasteiger partial charge is 0.445 e. The SMILES string of the molecule is C=CCOC(=O)N[C@@H](Cc1ccccc1)[C@H](O)CN1Cc2ccccc2C[C@H](c2ccccc2)C1. The fourth-order valence-corrected chi connectivity index (χ4v) is 4.82. The molecule has 0 saturated heterocycles. The lowest BCUT2D eigenvalue weighted by Gasteiger charge is -2.31. The van der Waals surface area contributed by atoms with Crippen molar-refractivity contribution in [1.82, 2.24) is 10.2 Å². The molecule has 0 fully saturated rings. The zero-order valence-electron chi connectivity index (χ0n) is 20.1. The van der Waals surface area contributed by atoms with E-state index in [0.717, 1.165) is 25.1 Å². The maximum Gasteiger partial charge on any atom is 0.407 e. The Morgan fingerprint density at radius 2 is 1.69 bits per heavy atom. The van der Waals surface area contributed by atoms with Crippen LogP contribution in [0.5, 0.6) is 0 Å². The van der Waals surface area contributed by atoms with Crippen molar-refractivity contribution in [1.29, 1.82) is 0 Å². The van der Waals surface area contributed by atoms with E-state index in [4.69, 9.17) is 4.74 Å². The number of rotatable bonds is 9. The number of benzene rings is 3. The van der Waals surface area contributed by atoms with E-state index >= 15 is 0 Å². The maximum atomic E-state index is 12.3. The third-order valence-electron chi connectivity index (χ3n) is 6.57. The number of aliphatic hydroxyl groups is 1. The van der Waals surface area contributed by atoms with E-state index in [1.165, 1.54) is 22.8 Å². The molecule has 0 bridgehead atoms. The standard InChI is InChI=1S/C30H34N2O3/c1-2-17-35-30(34)31-28(18-23-11-5-3-6-12-23)29(33)22-32-20-26-16-10-9-15-25(26)19-27(21-32)24-13-7-4-8-14-24/h2-16,27-29,33H,1,17-22H2,(H,31,34)/t27-,28-,29+/m0/s1. The van der Waals surface area contributed by atoms with Crippen LogP contribution in [-0.4, -0.2) is 47.9 Å². The lowest BCUT2D eigenvalue weighted by molar-refractivity contribution is 0.0698. The van der Waals surface area contributed by atoms with E-state index in [0.29, 0.717) is 18.9 Å². The Labute approximate surface area is 208 Å². The molecule has 5 nitrogen and oxygen atoms in total. The highest BCUT2D eigenvalue weighted by atomic mass is 16.5. The number of carbonyl (C=O) groups excluding carboxylic acids is 1. The summed E-state index contributed by atoms with van der Waals surface area (Å²) in [6.07, 6.45) is 1.69. The van der Waals surface area contributed by atoms with Crippen LogP contribution in [0.1, 0.15) is 28.2 Å². The molecule has 1 aliphatic heterocycles. The molecular weight excluding hydrogens is 436 g/mol. The number of ether oxygens (including phenoxy) is 1. The van der Waals surface area contributed by atoms with E-state index in [1.807, 2.05) is 36.4 Å². The van der Waals surface area contributed by atoms with Gasteiger partial charge in [-0.25, -0.2) is 4.79 Å². The average molecular weight is 471 g/mol. The molecule has 5 heteroatoms. The first-order valence-electron chi connectivity index (χ1n) is 12.2. The molecular formula is C30H34N2O3. The smallest absolute Gasteiger partial charge is 0.407 e. The van der Waals surface area contributed by atoms with Crippen molar-refractivity contribution in [2.75, 3.05) is 19.7 Å². The molecule has 1 aliphatic rings. The Morgan fingerprint density at radius 3 is 2.40 bits per heavy atom. The minimum atomic E-state index is -0.770. The third kappa shape index (κ3) is 7.04. The van der Waals surface area contributed by atoms with Gasteiger partial charge < -0.3 is 15.2 Å². The van der Waals surface area contributed by atoms with Gasteiger partial charge in [0.1, 0.15) is 6.61 Å². The maximum absolute atomic E-state index is 12.3. The second-order valence-corrected chi connectivity index (χ2v) is 9.17. The molecule has 0 saturated carbocycles. The number of fused-ring (bicyclic) bond motifs is 1. The zero-order valence-corrected chi connectivity index (χ0v) is 20.1. The second-order valence-electron chi connectivity index (χ2n) is 9.17. The lowest BCUT2D eigenvalue weighted by Crippen LogP contribution is -2.50. The molecule has 182 valence electrons. The molecule has 0 aromatic heterocycles. The molecule has 2 N–H and O–H groups in total. The van der Waals surface area contributed by atoms with Crippen molar-refractivity contribution < 1.29 is 14.6 Å². The summed E-state index contributed by atoms with van der Waals surface area (Å²) in [6, 6.07) is 28.5. The number of hydrogen-bond acceptors (Lipinski definition) is 4. The molecule has 35 heavy (non-hydrogen) atoms. The summed E-state index contributed by atoms with van der Waals surface area (Å²) in [6.45, 7) is 5.75. The van der Waals surface area contributed by atoms with Gasteiger partial charge in [-0.2, -0.15) is 0 Å². The van der Waals surface area contributed by atoms with Gasteiger partial charge in [0.2, 0.25) is 0 Å². The number of amides is 1. The van der Waals surface area contributed by atoms with Crippen molar-refractivity contribution in [3.8, 4) is 0 Å². The highest BCUT2D eigenvalue weighted by Crippen LogP contribution is 2.29. The lowest BCUT2D eigenvalue weighted by atomic mass is 9.91. The summed E-state index contributed by atoms with van der Waals surface area (Å²) < 4.78 is 5.15. The van der Waals surface area contributed by atoms with Gasteiger partial charge in [0.15, 0.2) is 0 Å². The first kappa shape index (κ1) is 24.7. The predicted octanol–water partition coefficient (Wildman–Crippen LogP) is 4.71. The van der Waals surface area contributed by atoms with Gasteiger partial charge in [-0.15, -0.1) is 0 Å². The van der Waals surface area contributed by atoms with Crippen molar-refractivity contribution in [2.45, 2.75) is 37.5 Å². The Hall–Kier alpha value is -3.41. The van der Waals surface area contributed by atoms with E-state index in [-0.39, 0.29) is 6.61 Å². The van der Waals surface area contributed by atoms with E-state index in [1.54, 1.807) is 0 Å². The quantitative estimate of drug-likeness (QED) is 0.445. The molecule has 3 atom stereocenters. The highest BCUT2D eigenvalue weighted by molar-refractivity contribution is 5.67. The summed E-state index contributed by atoms with van der Waals surface area (Å²) in [7, 11) is 0. The zero-order chi connectivity index (χ0) is 24.5. The predicted molar refractivity (Wildman–Crippen MR) is 139 cm³/mol. The number of hydrogen-bond donors (Lipinski definition) is 2. The molecule has 0 radical (unpaired) electrons. The van der Waals surface area contributed by atoms with Crippen molar-refractivity contribution in [3.05, 3.63) is 120 Å². The topological polar surface area (TPSA) is 61.8 Å². The fourth-order valence-electron chi connectivity index (χ4n) is 4.82. The van der Waals surface area contributed by atoms with Crippen LogP contribution >= 0.6 is 0 Å². The summed E-state index contributed by atoms with van der Waals surface area (Å²) in [5.74, 6) is 0.324. The Kier molecular flexibility index (Phi) is 8.71. The summed E-state index contributed by atoms with van der Waals surface area (Å²) in [4.78, 5) is 14.7. The molecule has 3 aromatic rings. The number of nitrogens with one attached hydrogen (secondary N) is 1. The van der Waals surface area contributed by atoms with Gasteiger partial charge in [-0.05, 0) is 35.1 Å². The molecule has 1 heterocycles. The second kappa shape index (κ2) is 12.3. The van der Waals surface area contributed by atoms with Gasteiger partial charge in [0.05, 0.1) is 12.1 Å². The number of β-amino-alcohol motifs (C(OH)–C–C–N with tert-alkyl or cyclic N) is 1. The van der Waals surface area contributed by atoms with E-state index < -0.39 is 18.2 Å². The molecule has 0 spiro atoms. The van der Waals surface area contributed by atoms with Gasteiger partial charge in [0.25, 0.3) is 0 Å². The van der Waals surface area contributed by atoms with Crippen LogP contribution in [0.3, 0.4) is 0 Å². The first-order valence-corrected chi connectivity index (χ1v) is 12.2. The van der Waals surface area contributed by atoms with Crippen LogP contribution in [0, 0.1) is 0 Å². The first-order chi connectivity index (χ1) is 17.1. The Morgan fingerprint density at radius 1 is 1.03 bits per heavy atom. The van der Waals surface area contributed by atoms with Gasteiger partial charge in [-0.3, -0.25) is 4.90 Å². The normalized spacial score (nSPS) is 17.5. The van der Waals surface area contributed by atoms with Crippen molar-refractivity contribution >= 4 is 6.09 Å². The summed E-state index contributed by atoms with van der Waals surface area (Å²) in [5, 5.41) is 14.2.